The Kier molecular flexibility index (Phi) is 3.09. The molecule has 2 aromatic heterocycles. The zero-order valence-electron chi connectivity index (χ0n) is 11.3. The molecule has 0 aliphatic heterocycles. The maximum Gasteiger partial charge on any atom is 0.335 e. The standard InChI is InChI=1S/C14H13N3O4/c1-2-9-6-15-12(21-9)7-17-11-5-8(13(18)19)3-4-10(11)16-14(17)20/h3-6H,2,7H2,1H3,(H,16,20)(H,18,19). The molecule has 0 amide bonds. The van der Waals surface area contributed by atoms with Crippen LogP contribution in [-0.4, -0.2) is 25.6 Å². The summed E-state index contributed by atoms with van der Waals surface area (Å²) >= 11 is 0. The van der Waals surface area contributed by atoms with Crippen LogP contribution in [0.4, 0.5) is 0 Å². The van der Waals surface area contributed by atoms with Crippen molar-refractivity contribution in [1.29, 1.82) is 0 Å². The number of nitrogens with one attached hydrogen (secondary N) is 1. The van der Waals surface area contributed by atoms with Gasteiger partial charge in [0.05, 0.1) is 22.8 Å². The fraction of sp³-hybridized carbons (Fsp3) is 0.214. The number of oxazole rings is 1. The highest BCUT2D eigenvalue weighted by Gasteiger charge is 2.13. The van der Waals surface area contributed by atoms with E-state index in [9.17, 15) is 9.59 Å². The van der Waals surface area contributed by atoms with Crippen molar-refractivity contribution in [2.24, 2.45) is 0 Å². The van der Waals surface area contributed by atoms with Crippen LogP contribution in [0.3, 0.4) is 0 Å². The summed E-state index contributed by atoms with van der Waals surface area (Å²) in [4.78, 5) is 29.8. The number of benzene rings is 1. The number of aromatic nitrogens is 3. The highest BCUT2D eigenvalue weighted by Crippen LogP contribution is 2.15. The summed E-state index contributed by atoms with van der Waals surface area (Å²) < 4.78 is 6.90. The number of imidazole rings is 1. The minimum Gasteiger partial charge on any atom is -0.478 e. The molecule has 0 unspecified atom stereocenters. The second-order valence-electron chi connectivity index (χ2n) is 4.63. The Bertz CT molecular complexity index is 872. The number of rotatable bonds is 4. The molecule has 2 N–H and O–H groups in total. The molecule has 0 bridgehead atoms. The number of nitrogens with zero attached hydrogens (tertiary/aromatic N) is 2. The van der Waals surface area contributed by atoms with Gasteiger partial charge in [-0.05, 0) is 18.2 Å². The van der Waals surface area contributed by atoms with Crippen LogP contribution in [-0.2, 0) is 13.0 Å². The Labute approximate surface area is 118 Å². The first-order valence-corrected chi connectivity index (χ1v) is 6.48. The maximum absolute atomic E-state index is 12.0. The molecule has 0 aliphatic rings. The average molecular weight is 287 g/mol. The van der Waals surface area contributed by atoms with E-state index in [2.05, 4.69) is 9.97 Å². The molecule has 3 rings (SSSR count). The van der Waals surface area contributed by atoms with Gasteiger partial charge >= 0.3 is 11.7 Å². The average Bonchev–Trinajstić information content (AvgIpc) is 3.04. The number of carboxylic acids is 1. The Morgan fingerprint density at radius 1 is 1.48 bits per heavy atom. The topological polar surface area (TPSA) is 101 Å². The van der Waals surface area contributed by atoms with Crippen molar-refractivity contribution in [3.63, 3.8) is 0 Å². The number of fused-ring (bicyclic) bond motifs is 1. The van der Waals surface area contributed by atoms with Crippen LogP contribution in [0.1, 0.15) is 28.9 Å². The summed E-state index contributed by atoms with van der Waals surface area (Å²) in [5.41, 5.74) is 0.879. The van der Waals surface area contributed by atoms with Gasteiger partial charge in [-0.2, -0.15) is 0 Å². The molecule has 3 aromatic rings. The first kappa shape index (κ1) is 13.2. The Morgan fingerprint density at radius 3 is 2.95 bits per heavy atom. The number of hydrogen-bond donors (Lipinski definition) is 2. The van der Waals surface area contributed by atoms with Gasteiger partial charge in [0.15, 0.2) is 0 Å². The lowest BCUT2D eigenvalue weighted by Crippen LogP contribution is -2.17. The van der Waals surface area contributed by atoms with E-state index in [1.54, 1.807) is 12.3 Å². The third kappa shape index (κ3) is 2.33. The highest BCUT2D eigenvalue weighted by molar-refractivity contribution is 5.92. The van der Waals surface area contributed by atoms with Crippen molar-refractivity contribution in [3.05, 3.63) is 52.1 Å². The van der Waals surface area contributed by atoms with Crippen LogP contribution in [0.15, 0.2) is 33.6 Å². The number of carboxylic acid groups (broad SMARTS) is 1. The van der Waals surface area contributed by atoms with E-state index in [0.717, 1.165) is 12.2 Å². The largest absolute Gasteiger partial charge is 0.478 e. The number of aromatic carboxylic acids is 1. The van der Waals surface area contributed by atoms with Crippen molar-refractivity contribution in [3.8, 4) is 0 Å². The fourth-order valence-electron chi connectivity index (χ4n) is 2.16. The van der Waals surface area contributed by atoms with Crippen LogP contribution < -0.4 is 5.69 Å². The van der Waals surface area contributed by atoms with Crippen molar-refractivity contribution in [2.75, 3.05) is 0 Å². The van der Waals surface area contributed by atoms with E-state index in [1.165, 1.54) is 16.7 Å². The molecule has 7 heteroatoms. The van der Waals surface area contributed by atoms with Gasteiger partial charge in [0, 0.05) is 6.42 Å². The van der Waals surface area contributed by atoms with E-state index in [4.69, 9.17) is 9.52 Å². The predicted molar refractivity (Wildman–Crippen MR) is 74.5 cm³/mol. The van der Waals surface area contributed by atoms with Crippen molar-refractivity contribution >= 4 is 17.0 Å². The van der Waals surface area contributed by atoms with Crippen molar-refractivity contribution < 1.29 is 14.3 Å². The Hall–Kier alpha value is -2.83. The highest BCUT2D eigenvalue weighted by atomic mass is 16.4. The second kappa shape index (κ2) is 4.93. The van der Waals surface area contributed by atoms with E-state index >= 15 is 0 Å². The predicted octanol–water partition coefficient (Wildman–Crippen LogP) is 1.63. The normalized spacial score (nSPS) is 11.1. The zero-order valence-corrected chi connectivity index (χ0v) is 11.3. The van der Waals surface area contributed by atoms with E-state index in [0.29, 0.717) is 16.9 Å². The molecule has 0 spiro atoms. The van der Waals surface area contributed by atoms with Gasteiger partial charge in [-0.1, -0.05) is 6.92 Å². The van der Waals surface area contributed by atoms with Crippen LogP contribution >= 0.6 is 0 Å². The molecule has 2 heterocycles. The summed E-state index contributed by atoms with van der Waals surface area (Å²) in [5.74, 6) is 0.112. The number of carbonyl (C=O) groups is 1. The molecule has 0 saturated heterocycles. The summed E-state index contributed by atoms with van der Waals surface area (Å²) in [6, 6.07) is 4.48. The van der Waals surface area contributed by atoms with Gasteiger partial charge in [-0.15, -0.1) is 0 Å². The molecule has 7 nitrogen and oxygen atoms in total. The van der Waals surface area contributed by atoms with Gasteiger partial charge in [0.2, 0.25) is 5.89 Å². The monoisotopic (exact) mass is 287 g/mol. The fourth-order valence-corrected chi connectivity index (χ4v) is 2.16. The summed E-state index contributed by atoms with van der Waals surface area (Å²) in [6.45, 7) is 2.10. The van der Waals surface area contributed by atoms with E-state index < -0.39 is 5.97 Å². The van der Waals surface area contributed by atoms with Gasteiger partial charge in [-0.3, -0.25) is 4.57 Å². The quantitative estimate of drug-likeness (QED) is 0.759. The lowest BCUT2D eigenvalue weighted by atomic mass is 10.2. The molecule has 108 valence electrons. The van der Waals surface area contributed by atoms with Gasteiger partial charge < -0.3 is 14.5 Å². The van der Waals surface area contributed by atoms with Crippen LogP contribution in [0.5, 0.6) is 0 Å². The minimum absolute atomic E-state index is 0.122. The van der Waals surface area contributed by atoms with Gasteiger partial charge in [0.25, 0.3) is 0 Å². The van der Waals surface area contributed by atoms with Crippen molar-refractivity contribution in [1.82, 2.24) is 14.5 Å². The van der Waals surface area contributed by atoms with Crippen molar-refractivity contribution in [2.45, 2.75) is 19.9 Å². The molecule has 0 saturated carbocycles. The molecule has 0 radical (unpaired) electrons. The maximum atomic E-state index is 12.0. The number of aromatic amines is 1. The number of H-pyrrole nitrogens is 1. The van der Waals surface area contributed by atoms with E-state index in [-0.39, 0.29) is 17.8 Å². The molecule has 21 heavy (non-hydrogen) atoms. The van der Waals surface area contributed by atoms with Crippen LogP contribution in [0.25, 0.3) is 11.0 Å². The minimum atomic E-state index is -1.04. The lowest BCUT2D eigenvalue weighted by molar-refractivity contribution is 0.0697. The summed E-state index contributed by atoms with van der Waals surface area (Å²) in [5, 5.41) is 9.04. The number of hydrogen-bond acceptors (Lipinski definition) is 4. The molecule has 0 aliphatic carbocycles. The zero-order chi connectivity index (χ0) is 15.0. The van der Waals surface area contributed by atoms with E-state index in [1.807, 2.05) is 6.92 Å². The molecule has 0 atom stereocenters. The lowest BCUT2D eigenvalue weighted by Gasteiger charge is -2.01. The molecule has 0 fully saturated rings. The smallest absolute Gasteiger partial charge is 0.335 e. The van der Waals surface area contributed by atoms with Gasteiger partial charge in [-0.25, -0.2) is 14.6 Å². The third-order valence-electron chi connectivity index (χ3n) is 3.27. The van der Waals surface area contributed by atoms with Gasteiger partial charge in [0.1, 0.15) is 12.3 Å². The molecular weight excluding hydrogens is 274 g/mol. The third-order valence-corrected chi connectivity index (χ3v) is 3.27. The SMILES string of the molecule is CCc1cnc(Cn2c(=O)[nH]c3ccc(C(=O)O)cc32)o1. The first-order valence-electron chi connectivity index (χ1n) is 6.48. The van der Waals surface area contributed by atoms with Crippen LogP contribution in [0.2, 0.25) is 0 Å². The first-order chi connectivity index (χ1) is 10.1. The molecule has 1 aromatic carbocycles. The second-order valence-corrected chi connectivity index (χ2v) is 4.63. The number of aryl methyl sites for hydroxylation is 1. The summed E-state index contributed by atoms with van der Waals surface area (Å²) in [6.07, 6.45) is 2.34. The summed E-state index contributed by atoms with van der Waals surface area (Å²) in [7, 11) is 0. The van der Waals surface area contributed by atoms with Crippen LogP contribution in [0, 0.1) is 0 Å². The Balaban J connectivity index is 2.08. The Morgan fingerprint density at radius 2 is 2.29 bits per heavy atom. The molecular formula is C14H13N3O4.